The summed E-state index contributed by atoms with van der Waals surface area (Å²) in [7, 11) is 1.61. The van der Waals surface area contributed by atoms with Crippen molar-refractivity contribution in [1.29, 1.82) is 0 Å². The summed E-state index contributed by atoms with van der Waals surface area (Å²) < 4.78 is 7.34. The summed E-state index contributed by atoms with van der Waals surface area (Å²) in [5.74, 6) is 0.585. The van der Waals surface area contributed by atoms with Gasteiger partial charge in [0.1, 0.15) is 5.75 Å². The van der Waals surface area contributed by atoms with Crippen LogP contribution in [-0.2, 0) is 0 Å². The molecular weight excluding hydrogens is 292 g/mol. The Morgan fingerprint density at radius 1 is 1.48 bits per heavy atom. The monoisotopic (exact) mass is 314 g/mol. The van der Waals surface area contributed by atoms with E-state index in [4.69, 9.17) is 4.74 Å². The average molecular weight is 314 g/mol. The molecule has 0 spiro atoms. The third-order valence-corrected chi connectivity index (χ3v) is 4.06. The highest BCUT2D eigenvalue weighted by molar-refractivity contribution is 5.95. The highest BCUT2D eigenvalue weighted by Crippen LogP contribution is 2.24. The molecule has 2 heterocycles. The van der Waals surface area contributed by atoms with Crippen molar-refractivity contribution in [2.45, 2.75) is 25.8 Å². The largest absolute Gasteiger partial charge is 0.495 e. The first-order chi connectivity index (χ1) is 11.2. The number of carbonyl (C=O) groups excluding carboxylic acids is 1. The van der Waals surface area contributed by atoms with Crippen LogP contribution in [0.5, 0.6) is 5.75 Å². The highest BCUT2D eigenvalue weighted by atomic mass is 16.5. The number of imidazole rings is 1. The van der Waals surface area contributed by atoms with Gasteiger partial charge in [0.05, 0.1) is 24.8 Å². The van der Waals surface area contributed by atoms with Crippen LogP contribution in [0, 0.1) is 6.92 Å². The van der Waals surface area contributed by atoms with Gasteiger partial charge in [0.15, 0.2) is 0 Å². The van der Waals surface area contributed by atoms with E-state index in [9.17, 15) is 4.79 Å². The fraction of sp³-hybridized carbons (Fsp3) is 0.412. The zero-order valence-corrected chi connectivity index (χ0v) is 13.5. The third-order valence-electron chi connectivity index (χ3n) is 4.06. The number of amides is 1. The molecule has 6 heteroatoms. The second-order valence-electron chi connectivity index (χ2n) is 5.83. The minimum absolute atomic E-state index is 0.0645. The fourth-order valence-electron chi connectivity index (χ4n) is 2.83. The molecule has 122 valence electrons. The van der Waals surface area contributed by atoms with Gasteiger partial charge < -0.3 is 19.9 Å². The standard InChI is InChI=1S/C17H22N4O2/c1-12-10-21(11-19-12)15-6-5-13(8-16(15)23-2)17(22)20-14-4-3-7-18-9-14/h5-6,8,10-11,14,18H,3-4,7,9H2,1-2H3,(H,20,22). The van der Waals surface area contributed by atoms with Crippen LogP contribution in [0.25, 0.3) is 5.69 Å². The van der Waals surface area contributed by atoms with Gasteiger partial charge in [-0.15, -0.1) is 0 Å². The summed E-state index contributed by atoms with van der Waals surface area (Å²) in [6.07, 6.45) is 5.77. The molecule has 6 nitrogen and oxygen atoms in total. The van der Waals surface area contributed by atoms with E-state index >= 15 is 0 Å². The molecule has 0 saturated carbocycles. The normalized spacial score (nSPS) is 17.7. The van der Waals surface area contributed by atoms with E-state index in [1.807, 2.05) is 29.8 Å². The molecule has 1 saturated heterocycles. The van der Waals surface area contributed by atoms with Gasteiger partial charge in [-0.1, -0.05) is 0 Å². The lowest BCUT2D eigenvalue weighted by Gasteiger charge is -2.24. The van der Waals surface area contributed by atoms with Gasteiger partial charge in [-0.05, 0) is 44.5 Å². The molecule has 1 fully saturated rings. The lowest BCUT2D eigenvalue weighted by molar-refractivity contribution is 0.0930. The zero-order chi connectivity index (χ0) is 16.2. The maximum absolute atomic E-state index is 12.4. The Kier molecular flexibility index (Phi) is 4.62. The number of rotatable bonds is 4. The molecule has 3 rings (SSSR count). The minimum atomic E-state index is -0.0645. The van der Waals surface area contributed by atoms with Crippen molar-refractivity contribution in [3.8, 4) is 11.4 Å². The maximum atomic E-state index is 12.4. The van der Waals surface area contributed by atoms with Gasteiger partial charge in [-0.25, -0.2) is 4.98 Å². The summed E-state index contributed by atoms with van der Waals surface area (Å²) in [5.41, 5.74) is 2.40. The summed E-state index contributed by atoms with van der Waals surface area (Å²) in [6, 6.07) is 5.67. The van der Waals surface area contributed by atoms with Crippen molar-refractivity contribution in [3.05, 3.63) is 42.0 Å². The Morgan fingerprint density at radius 3 is 3.00 bits per heavy atom. The molecule has 1 unspecified atom stereocenters. The Balaban J connectivity index is 1.79. The van der Waals surface area contributed by atoms with E-state index in [-0.39, 0.29) is 11.9 Å². The van der Waals surface area contributed by atoms with Crippen LogP contribution in [0.1, 0.15) is 28.9 Å². The number of aromatic nitrogens is 2. The number of piperidine rings is 1. The molecule has 2 N–H and O–H groups in total. The fourth-order valence-corrected chi connectivity index (χ4v) is 2.83. The maximum Gasteiger partial charge on any atom is 0.251 e. The number of nitrogens with one attached hydrogen (secondary N) is 2. The van der Waals surface area contributed by atoms with E-state index in [0.717, 1.165) is 37.3 Å². The molecule has 1 aromatic heterocycles. The Morgan fingerprint density at radius 2 is 2.35 bits per heavy atom. The molecule has 0 aliphatic carbocycles. The number of benzene rings is 1. The molecule has 1 aromatic carbocycles. The van der Waals surface area contributed by atoms with E-state index in [1.165, 1.54) is 0 Å². The molecule has 0 bridgehead atoms. The number of ether oxygens (including phenoxy) is 1. The van der Waals surface area contributed by atoms with Crippen LogP contribution in [0.4, 0.5) is 0 Å². The van der Waals surface area contributed by atoms with Crippen molar-refractivity contribution in [3.63, 3.8) is 0 Å². The smallest absolute Gasteiger partial charge is 0.251 e. The number of carbonyl (C=O) groups is 1. The first-order valence-corrected chi connectivity index (χ1v) is 7.88. The zero-order valence-electron chi connectivity index (χ0n) is 13.5. The summed E-state index contributed by atoms with van der Waals surface area (Å²) >= 11 is 0. The van der Waals surface area contributed by atoms with Gasteiger partial charge in [0.25, 0.3) is 5.91 Å². The molecule has 1 aliphatic heterocycles. The van der Waals surface area contributed by atoms with Crippen molar-refractivity contribution in [2.75, 3.05) is 20.2 Å². The molecule has 1 amide bonds. The topological polar surface area (TPSA) is 68.2 Å². The molecule has 2 aromatic rings. The Bertz CT molecular complexity index is 690. The van der Waals surface area contributed by atoms with Gasteiger partial charge in [-0.3, -0.25) is 4.79 Å². The number of nitrogens with zero attached hydrogens (tertiary/aromatic N) is 2. The molecule has 23 heavy (non-hydrogen) atoms. The van der Waals surface area contributed by atoms with Crippen molar-refractivity contribution < 1.29 is 9.53 Å². The highest BCUT2D eigenvalue weighted by Gasteiger charge is 2.17. The van der Waals surface area contributed by atoms with Crippen LogP contribution >= 0.6 is 0 Å². The lowest BCUT2D eigenvalue weighted by atomic mass is 10.1. The summed E-state index contributed by atoms with van der Waals surface area (Å²) in [6.45, 7) is 3.79. The van der Waals surface area contributed by atoms with Crippen molar-refractivity contribution in [2.24, 2.45) is 0 Å². The molecular formula is C17H22N4O2. The molecule has 1 aliphatic rings. The first-order valence-electron chi connectivity index (χ1n) is 7.88. The minimum Gasteiger partial charge on any atom is -0.495 e. The third kappa shape index (κ3) is 3.53. The van der Waals surface area contributed by atoms with Crippen LogP contribution in [-0.4, -0.2) is 41.7 Å². The SMILES string of the molecule is COc1cc(C(=O)NC2CCCNC2)ccc1-n1cnc(C)c1. The van der Waals surface area contributed by atoms with Crippen LogP contribution in [0.3, 0.4) is 0 Å². The van der Waals surface area contributed by atoms with Crippen LogP contribution < -0.4 is 15.4 Å². The average Bonchev–Trinajstić information content (AvgIpc) is 3.01. The molecule has 1 atom stereocenters. The number of methoxy groups -OCH3 is 1. The van der Waals surface area contributed by atoms with Crippen LogP contribution in [0.2, 0.25) is 0 Å². The number of hydrogen-bond donors (Lipinski definition) is 2. The van der Waals surface area contributed by atoms with Gasteiger partial charge in [0, 0.05) is 24.3 Å². The number of hydrogen-bond acceptors (Lipinski definition) is 4. The Hall–Kier alpha value is -2.34. The summed E-state index contributed by atoms with van der Waals surface area (Å²) in [4.78, 5) is 16.6. The van der Waals surface area contributed by atoms with Gasteiger partial charge >= 0.3 is 0 Å². The van der Waals surface area contributed by atoms with Crippen LogP contribution in [0.15, 0.2) is 30.7 Å². The quantitative estimate of drug-likeness (QED) is 0.901. The number of aryl methyl sites for hydroxylation is 1. The predicted molar refractivity (Wildman–Crippen MR) is 88.2 cm³/mol. The Labute approximate surface area is 135 Å². The molecule has 0 radical (unpaired) electrons. The van der Waals surface area contributed by atoms with Gasteiger partial charge in [-0.2, -0.15) is 0 Å². The summed E-state index contributed by atoms with van der Waals surface area (Å²) in [5, 5.41) is 6.37. The second kappa shape index (κ2) is 6.83. The van der Waals surface area contributed by atoms with Gasteiger partial charge in [0.2, 0.25) is 0 Å². The van der Waals surface area contributed by atoms with E-state index < -0.39 is 0 Å². The van der Waals surface area contributed by atoms with E-state index in [0.29, 0.717) is 11.3 Å². The van der Waals surface area contributed by atoms with Crippen molar-refractivity contribution in [1.82, 2.24) is 20.2 Å². The predicted octanol–water partition coefficient (Wildman–Crippen LogP) is 1.67. The van der Waals surface area contributed by atoms with E-state index in [1.54, 1.807) is 19.5 Å². The lowest BCUT2D eigenvalue weighted by Crippen LogP contribution is -2.45. The first kappa shape index (κ1) is 15.6. The second-order valence-corrected chi connectivity index (χ2v) is 5.83. The van der Waals surface area contributed by atoms with E-state index in [2.05, 4.69) is 15.6 Å². The van der Waals surface area contributed by atoms with Crippen molar-refractivity contribution >= 4 is 5.91 Å².